The van der Waals surface area contributed by atoms with Gasteiger partial charge in [0.25, 0.3) is 5.56 Å². The summed E-state index contributed by atoms with van der Waals surface area (Å²) < 4.78 is 16.3. The Morgan fingerprint density at radius 3 is 2.45 bits per heavy atom. The topological polar surface area (TPSA) is 93.2 Å². The normalized spacial score (nSPS) is 14.9. The van der Waals surface area contributed by atoms with Crippen molar-refractivity contribution in [1.29, 1.82) is 0 Å². The molecule has 2 N–H and O–H groups in total. The molecule has 0 atom stereocenters. The lowest BCUT2D eigenvalue weighted by atomic mass is 10.1. The van der Waals surface area contributed by atoms with E-state index in [1.807, 2.05) is 26.0 Å². The van der Waals surface area contributed by atoms with E-state index >= 15 is 0 Å². The van der Waals surface area contributed by atoms with Crippen LogP contribution in [0.5, 0.6) is 0 Å². The lowest BCUT2D eigenvalue weighted by Crippen LogP contribution is -2.44. The van der Waals surface area contributed by atoms with Crippen molar-refractivity contribution >= 4 is 11.5 Å². The molecule has 1 aliphatic rings. The number of hydrogen-bond donors (Lipinski definition) is 1. The van der Waals surface area contributed by atoms with Crippen LogP contribution in [-0.2, 0) is 0 Å². The van der Waals surface area contributed by atoms with Crippen molar-refractivity contribution in [1.82, 2.24) is 24.4 Å². The lowest BCUT2D eigenvalue weighted by Gasteiger charge is -2.33. The Morgan fingerprint density at radius 1 is 1.06 bits per heavy atom. The molecule has 0 bridgehead atoms. The van der Waals surface area contributed by atoms with Crippen LogP contribution in [0.1, 0.15) is 19.9 Å². The molecule has 1 fully saturated rings. The molecule has 4 rings (SSSR count). The van der Waals surface area contributed by atoms with E-state index in [1.165, 1.54) is 10.6 Å². The largest absolute Gasteiger partial charge is 0.381 e. The van der Waals surface area contributed by atoms with Crippen LogP contribution in [0.3, 0.4) is 0 Å². The molecule has 0 amide bonds. The molecule has 1 aliphatic heterocycles. The van der Waals surface area contributed by atoms with Gasteiger partial charge >= 0.3 is 0 Å². The van der Waals surface area contributed by atoms with Crippen LogP contribution < -0.4 is 16.2 Å². The van der Waals surface area contributed by atoms with E-state index in [-0.39, 0.29) is 28.9 Å². The third kappa shape index (κ3) is 4.27. The molecule has 9 heteroatoms. The molecule has 0 saturated carbocycles. The van der Waals surface area contributed by atoms with Gasteiger partial charge in [-0.2, -0.15) is 0 Å². The zero-order chi connectivity index (χ0) is 22.1. The Morgan fingerprint density at radius 2 is 1.81 bits per heavy atom. The van der Waals surface area contributed by atoms with Gasteiger partial charge in [0.05, 0.1) is 11.9 Å². The van der Waals surface area contributed by atoms with Gasteiger partial charge in [-0.15, -0.1) is 0 Å². The molecular weight excluding hydrogens is 397 g/mol. The summed E-state index contributed by atoms with van der Waals surface area (Å²) in [5.41, 5.74) is 7.71. The number of piperazine rings is 1. The predicted molar refractivity (Wildman–Crippen MR) is 119 cm³/mol. The summed E-state index contributed by atoms with van der Waals surface area (Å²) in [6.45, 7) is 7.64. The molecule has 4 heterocycles. The molecule has 162 valence electrons. The second-order valence-corrected chi connectivity index (χ2v) is 8.04. The maximum absolute atomic E-state index is 14.8. The highest BCUT2D eigenvalue weighted by atomic mass is 19.1. The molecule has 3 aromatic rings. The zero-order valence-electron chi connectivity index (χ0n) is 17.9. The van der Waals surface area contributed by atoms with Crippen molar-refractivity contribution in [3.63, 3.8) is 0 Å². The highest BCUT2D eigenvalue weighted by Crippen LogP contribution is 2.27. The van der Waals surface area contributed by atoms with Crippen LogP contribution in [0, 0.1) is 5.82 Å². The Labute approximate surface area is 180 Å². The van der Waals surface area contributed by atoms with Crippen LogP contribution in [-0.4, -0.2) is 57.6 Å². The average Bonchev–Trinajstić information content (AvgIpc) is 2.76. The van der Waals surface area contributed by atoms with Gasteiger partial charge in [-0.3, -0.25) is 9.78 Å². The van der Waals surface area contributed by atoms with Gasteiger partial charge in [-0.05, 0) is 39.1 Å². The predicted octanol–water partition coefficient (Wildman–Crippen LogP) is 2.42. The maximum atomic E-state index is 14.8. The second-order valence-electron chi connectivity index (χ2n) is 8.04. The number of pyridine rings is 2. The number of nitrogens with two attached hydrogens (primary N) is 1. The fourth-order valence-corrected chi connectivity index (χ4v) is 3.59. The number of nitrogens with zero attached hydrogens (tertiary/aromatic N) is 6. The molecule has 8 nitrogen and oxygen atoms in total. The Bertz CT molecular complexity index is 1140. The molecule has 0 radical (unpaired) electrons. The van der Waals surface area contributed by atoms with Crippen LogP contribution in [0.2, 0.25) is 0 Å². The highest BCUT2D eigenvalue weighted by Gasteiger charge is 2.18. The third-order valence-electron chi connectivity index (χ3n) is 5.49. The zero-order valence-corrected chi connectivity index (χ0v) is 17.9. The van der Waals surface area contributed by atoms with Crippen molar-refractivity contribution in [3.8, 4) is 22.8 Å². The van der Waals surface area contributed by atoms with Crippen LogP contribution >= 0.6 is 0 Å². The Balaban J connectivity index is 1.68. The van der Waals surface area contributed by atoms with Crippen molar-refractivity contribution in [3.05, 3.63) is 52.8 Å². The van der Waals surface area contributed by atoms with Gasteiger partial charge in [0.15, 0.2) is 17.5 Å². The number of likely N-dealkylation sites (N-methyl/N-ethyl adjacent to an activating group) is 1. The van der Waals surface area contributed by atoms with E-state index in [9.17, 15) is 9.18 Å². The fourth-order valence-electron chi connectivity index (χ4n) is 3.59. The molecule has 31 heavy (non-hydrogen) atoms. The summed E-state index contributed by atoms with van der Waals surface area (Å²) in [6.07, 6.45) is 3.37. The first-order valence-electron chi connectivity index (χ1n) is 10.3. The van der Waals surface area contributed by atoms with Crippen LogP contribution in [0.25, 0.3) is 22.8 Å². The quantitative estimate of drug-likeness (QED) is 0.689. The number of halogens is 1. The standard InChI is InChI=1S/C22H26FN7O/c1-14(2)30-13-15(4-7-18(30)31)20-19(23)21(24)27-22(26-20)17-6-5-16(12-25-17)29-10-8-28(3)9-11-29/h4-7,12-14H,8-11H2,1-3H3,(H2,24,26,27). The number of aromatic nitrogens is 4. The minimum Gasteiger partial charge on any atom is -0.381 e. The first kappa shape index (κ1) is 20.9. The van der Waals surface area contributed by atoms with Crippen LogP contribution in [0.4, 0.5) is 15.9 Å². The fraction of sp³-hybridized carbons (Fsp3) is 0.364. The van der Waals surface area contributed by atoms with E-state index < -0.39 is 5.82 Å². The van der Waals surface area contributed by atoms with E-state index in [4.69, 9.17) is 5.73 Å². The monoisotopic (exact) mass is 423 g/mol. The summed E-state index contributed by atoms with van der Waals surface area (Å²) >= 11 is 0. The average molecular weight is 423 g/mol. The van der Waals surface area contributed by atoms with E-state index in [2.05, 4.69) is 31.8 Å². The van der Waals surface area contributed by atoms with Crippen LogP contribution in [0.15, 0.2) is 41.5 Å². The van der Waals surface area contributed by atoms with Gasteiger partial charge in [0, 0.05) is 50.0 Å². The SMILES string of the molecule is CC(C)n1cc(-c2nc(-c3ccc(N4CCN(C)CC4)cn3)nc(N)c2F)ccc1=O. The van der Waals surface area contributed by atoms with Gasteiger partial charge < -0.3 is 20.1 Å². The first-order valence-corrected chi connectivity index (χ1v) is 10.3. The van der Waals surface area contributed by atoms with E-state index in [1.54, 1.807) is 18.5 Å². The van der Waals surface area contributed by atoms with E-state index in [0.29, 0.717) is 11.3 Å². The number of rotatable bonds is 4. The summed E-state index contributed by atoms with van der Waals surface area (Å²) in [4.78, 5) is 29.6. The summed E-state index contributed by atoms with van der Waals surface area (Å²) in [7, 11) is 2.11. The number of hydrogen-bond acceptors (Lipinski definition) is 7. The van der Waals surface area contributed by atoms with E-state index in [0.717, 1.165) is 31.9 Å². The van der Waals surface area contributed by atoms with Crippen molar-refractivity contribution in [2.75, 3.05) is 43.9 Å². The Kier molecular flexibility index (Phi) is 5.69. The Hall–Kier alpha value is -3.33. The molecule has 1 saturated heterocycles. The lowest BCUT2D eigenvalue weighted by molar-refractivity contribution is 0.313. The van der Waals surface area contributed by atoms with Gasteiger partial charge in [0.2, 0.25) is 0 Å². The van der Waals surface area contributed by atoms with Crippen molar-refractivity contribution in [2.24, 2.45) is 0 Å². The summed E-state index contributed by atoms with van der Waals surface area (Å²) in [6, 6.07) is 6.65. The maximum Gasteiger partial charge on any atom is 0.250 e. The highest BCUT2D eigenvalue weighted by molar-refractivity contribution is 5.66. The summed E-state index contributed by atoms with van der Waals surface area (Å²) in [5, 5.41) is 0. The number of nitrogen functional groups attached to an aromatic ring is 1. The molecular formula is C22H26FN7O. The second kappa shape index (κ2) is 8.43. The molecule has 3 aromatic heterocycles. The first-order chi connectivity index (χ1) is 14.8. The smallest absolute Gasteiger partial charge is 0.250 e. The van der Waals surface area contributed by atoms with Gasteiger partial charge in [-0.1, -0.05) is 0 Å². The van der Waals surface area contributed by atoms with Gasteiger partial charge in [0.1, 0.15) is 11.4 Å². The van der Waals surface area contributed by atoms with Crippen molar-refractivity contribution < 1.29 is 4.39 Å². The molecule has 0 unspecified atom stereocenters. The van der Waals surface area contributed by atoms with Crippen molar-refractivity contribution in [2.45, 2.75) is 19.9 Å². The number of anilines is 2. The molecule has 0 aliphatic carbocycles. The summed E-state index contributed by atoms with van der Waals surface area (Å²) in [5.74, 6) is -0.736. The minimum atomic E-state index is -0.716. The minimum absolute atomic E-state index is 0.0434. The van der Waals surface area contributed by atoms with Gasteiger partial charge in [-0.25, -0.2) is 14.4 Å². The molecule has 0 aromatic carbocycles. The third-order valence-corrected chi connectivity index (χ3v) is 5.49. The molecule has 0 spiro atoms.